The van der Waals surface area contributed by atoms with E-state index < -0.39 is 11.0 Å². The van der Waals surface area contributed by atoms with Crippen molar-refractivity contribution >= 4 is 17.5 Å². The minimum Gasteiger partial charge on any atom is -0.446 e. The summed E-state index contributed by atoms with van der Waals surface area (Å²) < 4.78 is 5.27. The molecule has 0 heterocycles. The highest BCUT2D eigenvalue weighted by Gasteiger charge is 2.21. The van der Waals surface area contributed by atoms with Crippen LogP contribution >= 0.6 is 0 Å². The van der Waals surface area contributed by atoms with Crippen LogP contribution in [-0.2, 0) is 4.74 Å². The summed E-state index contributed by atoms with van der Waals surface area (Å²) >= 11 is 0. The number of carbonyl (C=O) groups is 1. The number of nitro benzene ring substituents is 1. The zero-order valence-electron chi connectivity index (χ0n) is 11.0. The Hall–Kier alpha value is -2.15. The van der Waals surface area contributed by atoms with E-state index in [1.807, 2.05) is 0 Å². The summed E-state index contributed by atoms with van der Waals surface area (Å²) in [6.07, 6.45) is 2.47. The molecule has 2 rings (SSSR count). The molecule has 0 aromatic heterocycles. The van der Waals surface area contributed by atoms with E-state index in [1.165, 1.54) is 18.2 Å². The molecule has 1 amide bonds. The molecular formula is C13H17N3O4. The van der Waals surface area contributed by atoms with Crippen LogP contribution in [-0.4, -0.2) is 23.2 Å². The Bertz CT molecular complexity index is 498. The van der Waals surface area contributed by atoms with E-state index in [4.69, 9.17) is 10.5 Å². The Morgan fingerprint density at radius 1 is 1.35 bits per heavy atom. The van der Waals surface area contributed by atoms with Gasteiger partial charge >= 0.3 is 6.09 Å². The highest BCUT2D eigenvalue weighted by molar-refractivity contribution is 5.85. The molecule has 1 saturated carbocycles. The number of non-ortho nitro benzene ring substituents is 1. The monoisotopic (exact) mass is 279 g/mol. The number of amides is 1. The van der Waals surface area contributed by atoms with E-state index >= 15 is 0 Å². The number of hydrogen-bond donors (Lipinski definition) is 2. The SMILES string of the molecule is NC1CCC(OC(=O)Nc2cccc([N+](=O)[O-])c2)CC1. The fourth-order valence-corrected chi connectivity index (χ4v) is 2.20. The molecule has 0 bridgehead atoms. The Morgan fingerprint density at radius 2 is 2.05 bits per heavy atom. The van der Waals surface area contributed by atoms with Gasteiger partial charge in [0.2, 0.25) is 0 Å². The summed E-state index contributed by atoms with van der Waals surface area (Å²) in [6.45, 7) is 0. The third-order valence-electron chi connectivity index (χ3n) is 3.30. The summed E-state index contributed by atoms with van der Waals surface area (Å²) in [5.74, 6) is 0. The van der Waals surface area contributed by atoms with E-state index in [9.17, 15) is 14.9 Å². The minimum atomic E-state index is -0.592. The predicted octanol–water partition coefficient (Wildman–Crippen LogP) is 2.41. The van der Waals surface area contributed by atoms with Gasteiger partial charge in [-0.1, -0.05) is 6.07 Å². The lowest BCUT2D eigenvalue weighted by Crippen LogP contribution is -2.32. The van der Waals surface area contributed by atoms with Crippen molar-refractivity contribution in [2.24, 2.45) is 5.73 Å². The topological polar surface area (TPSA) is 107 Å². The molecule has 1 aliphatic rings. The molecule has 1 aromatic rings. The van der Waals surface area contributed by atoms with Crippen molar-refractivity contribution in [1.82, 2.24) is 0 Å². The first-order valence-corrected chi connectivity index (χ1v) is 6.52. The molecule has 0 saturated heterocycles. The van der Waals surface area contributed by atoms with Gasteiger partial charge in [0.1, 0.15) is 6.10 Å². The fourth-order valence-electron chi connectivity index (χ4n) is 2.20. The molecule has 108 valence electrons. The smallest absolute Gasteiger partial charge is 0.411 e. The molecular weight excluding hydrogens is 262 g/mol. The maximum absolute atomic E-state index is 11.7. The van der Waals surface area contributed by atoms with E-state index in [1.54, 1.807) is 6.07 Å². The number of benzene rings is 1. The molecule has 3 N–H and O–H groups in total. The van der Waals surface area contributed by atoms with Crippen LogP contribution < -0.4 is 11.1 Å². The van der Waals surface area contributed by atoms with Crippen LogP contribution in [0.5, 0.6) is 0 Å². The van der Waals surface area contributed by atoms with Crippen LogP contribution in [0.15, 0.2) is 24.3 Å². The second-order valence-corrected chi connectivity index (χ2v) is 4.87. The standard InChI is InChI=1S/C13H17N3O4/c14-9-4-6-12(7-5-9)20-13(17)15-10-2-1-3-11(8-10)16(18)19/h1-3,8-9,12H,4-7,14H2,(H,15,17). The first kappa shape index (κ1) is 14.3. The summed E-state index contributed by atoms with van der Waals surface area (Å²) in [7, 11) is 0. The molecule has 0 unspecified atom stereocenters. The number of nitrogens with one attached hydrogen (secondary N) is 1. The molecule has 0 atom stereocenters. The van der Waals surface area contributed by atoms with E-state index in [-0.39, 0.29) is 17.8 Å². The summed E-state index contributed by atoms with van der Waals surface area (Å²) in [5, 5.41) is 13.1. The van der Waals surface area contributed by atoms with E-state index in [0.717, 1.165) is 25.7 Å². The number of nitrogens with zero attached hydrogens (tertiary/aromatic N) is 1. The Labute approximate surface area is 116 Å². The second-order valence-electron chi connectivity index (χ2n) is 4.87. The van der Waals surface area contributed by atoms with Gasteiger partial charge in [0, 0.05) is 18.2 Å². The van der Waals surface area contributed by atoms with Gasteiger partial charge in [0.05, 0.1) is 10.6 Å². The van der Waals surface area contributed by atoms with Crippen LogP contribution in [0.1, 0.15) is 25.7 Å². The largest absolute Gasteiger partial charge is 0.446 e. The van der Waals surface area contributed by atoms with Crippen LogP contribution in [0.2, 0.25) is 0 Å². The number of nitro groups is 1. The van der Waals surface area contributed by atoms with Gasteiger partial charge < -0.3 is 10.5 Å². The second kappa shape index (κ2) is 6.33. The van der Waals surface area contributed by atoms with Gasteiger partial charge in [0.25, 0.3) is 5.69 Å². The first-order valence-electron chi connectivity index (χ1n) is 6.52. The lowest BCUT2D eigenvalue weighted by atomic mass is 9.94. The molecule has 1 aromatic carbocycles. The van der Waals surface area contributed by atoms with E-state index in [2.05, 4.69) is 5.32 Å². The van der Waals surface area contributed by atoms with Gasteiger partial charge in [-0.3, -0.25) is 15.4 Å². The Balaban J connectivity index is 1.88. The van der Waals surface area contributed by atoms with Gasteiger partial charge in [-0.25, -0.2) is 4.79 Å². The third-order valence-corrected chi connectivity index (χ3v) is 3.30. The molecule has 0 aliphatic heterocycles. The quantitative estimate of drug-likeness (QED) is 0.652. The van der Waals surface area contributed by atoms with Crippen molar-refractivity contribution in [3.63, 3.8) is 0 Å². The zero-order chi connectivity index (χ0) is 14.5. The molecule has 7 nitrogen and oxygen atoms in total. The van der Waals surface area contributed by atoms with Gasteiger partial charge in [0.15, 0.2) is 0 Å². The third kappa shape index (κ3) is 3.92. The fraction of sp³-hybridized carbons (Fsp3) is 0.462. The molecule has 7 heteroatoms. The minimum absolute atomic E-state index is 0.0774. The molecule has 0 spiro atoms. The first-order chi connectivity index (χ1) is 9.54. The molecule has 1 aliphatic carbocycles. The van der Waals surface area contributed by atoms with Crippen LogP contribution in [0, 0.1) is 10.1 Å². The van der Waals surface area contributed by atoms with Crippen molar-refractivity contribution in [3.05, 3.63) is 34.4 Å². The Kier molecular flexibility index (Phi) is 4.52. The zero-order valence-corrected chi connectivity index (χ0v) is 11.0. The predicted molar refractivity (Wildman–Crippen MR) is 73.4 cm³/mol. The number of nitrogens with two attached hydrogens (primary N) is 1. The number of ether oxygens (including phenoxy) is 1. The van der Waals surface area contributed by atoms with Gasteiger partial charge in [-0.05, 0) is 31.7 Å². The molecule has 1 fully saturated rings. The highest BCUT2D eigenvalue weighted by atomic mass is 16.6. The average molecular weight is 279 g/mol. The molecule has 0 radical (unpaired) electrons. The van der Waals surface area contributed by atoms with Crippen molar-refractivity contribution < 1.29 is 14.5 Å². The lowest BCUT2D eigenvalue weighted by Gasteiger charge is -2.25. The maximum Gasteiger partial charge on any atom is 0.411 e. The molecule has 20 heavy (non-hydrogen) atoms. The van der Waals surface area contributed by atoms with Crippen LogP contribution in [0.25, 0.3) is 0 Å². The number of hydrogen-bond acceptors (Lipinski definition) is 5. The normalized spacial score (nSPS) is 22.1. The number of anilines is 1. The van der Waals surface area contributed by atoms with Gasteiger partial charge in [-0.15, -0.1) is 0 Å². The van der Waals surface area contributed by atoms with Crippen molar-refractivity contribution in [2.45, 2.75) is 37.8 Å². The van der Waals surface area contributed by atoms with Crippen molar-refractivity contribution in [3.8, 4) is 0 Å². The lowest BCUT2D eigenvalue weighted by molar-refractivity contribution is -0.384. The average Bonchev–Trinajstić information content (AvgIpc) is 2.41. The summed E-state index contributed by atoms with van der Waals surface area (Å²) in [4.78, 5) is 21.8. The maximum atomic E-state index is 11.7. The van der Waals surface area contributed by atoms with Crippen LogP contribution in [0.3, 0.4) is 0 Å². The van der Waals surface area contributed by atoms with Gasteiger partial charge in [-0.2, -0.15) is 0 Å². The summed E-state index contributed by atoms with van der Waals surface area (Å²) in [6, 6.07) is 5.92. The number of carbonyl (C=O) groups excluding carboxylic acids is 1. The van der Waals surface area contributed by atoms with Crippen LogP contribution in [0.4, 0.5) is 16.2 Å². The Morgan fingerprint density at radius 3 is 2.70 bits per heavy atom. The summed E-state index contributed by atoms with van der Waals surface area (Å²) in [5.41, 5.74) is 6.04. The highest BCUT2D eigenvalue weighted by Crippen LogP contribution is 2.21. The van der Waals surface area contributed by atoms with Crippen molar-refractivity contribution in [2.75, 3.05) is 5.32 Å². The van der Waals surface area contributed by atoms with Crippen molar-refractivity contribution in [1.29, 1.82) is 0 Å². The van der Waals surface area contributed by atoms with E-state index in [0.29, 0.717) is 5.69 Å². The number of rotatable bonds is 3.